The zero-order chi connectivity index (χ0) is 12.3. The third kappa shape index (κ3) is 3.19. The molecule has 0 aromatic heterocycles. The summed E-state index contributed by atoms with van der Waals surface area (Å²) < 4.78 is 27.0. The average Bonchev–Trinajstić information content (AvgIpc) is 2.79. The molecule has 1 nitrogen and oxygen atoms in total. The van der Waals surface area contributed by atoms with Crippen molar-refractivity contribution in [2.75, 3.05) is 12.3 Å². The molecule has 17 heavy (non-hydrogen) atoms. The maximum Gasteiger partial charge on any atom is 0.130 e. The van der Waals surface area contributed by atoms with E-state index < -0.39 is 11.6 Å². The van der Waals surface area contributed by atoms with Crippen LogP contribution in [0.25, 0.3) is 0 Å². The molecule has 1 fully saturated rings. The Morgan fingerprint density at radius 3 is 2.71 bits per heavy atom. The lowest BCUT2D eigenvalue weighted by Crippen LogP contribution is -2.27. The molecule has 0 amide bonds. The van der Waals surface area contributed by atoms with Gasteiger partial charge in [0.25, 0.3) is 0 Å². The summed E-state index contributed by atoms with van der Waals surface area (Å²) in [6, 6.07) is 3.73. The maximum absolute atomic E-state index is 13.5. The van der Waals surface area contributed by atoms with Gasteiger partial charge in [0.05, 0.1) is 0 Å². The topological polar surface area (TPSA) is 12.0 Å². The molecule has 1 aromatic rings. The van der Waals surface area contributed by atoms with E-state index in [1.165, 1.54) is 36.8 Å². The van der Waals surface area contributed by atoms with Crippen LogP contribution >= 0.6 is 11.8 Å². The van der Waals surface area contributed by atoms with Gasteiger partial charge in [0, 0.05) is 23.4 Å². The van der Waals surface area contributed by atoms with E-state index in [1.54, 1.807) is 6.92 Å². The Labute approximate surface area is 105 Å². The molecule has 1 aliphatic heterocycles. The van der Waals surface area contributed by atoms with Gasteiger partial charge in [0.15, 0.2) is 0 Å². The fourth-order valence-corrected chi connectivity index (χ4v) is 3.35. The van der Waals surface area contributed by atoms with Gasteiger partial charge in [-0.25, -0.2) is 8.78 Å². The van der Waals surface area contributed by atoms with Crippen LogP contribution in [0, 0.1) is 11.6 Å². The van der Waals surface area contributed by atoms with Crippen molar-refractivity contribution in [3.05, 3.63) is 35.4 Å². The van der Waals surface area contributed by atoms with E-state index >= 15 is 0 Å². The number of nitrogens with one attached hydrogen (secondary N) is 1. The summed E-state index contributed by atoms with van der Waals surface area (Å²) in [4.78, 5) is 0. The summed E-state index contributed by atoms with van der Waals surface area (Å²) in [5.74, 6) is 0.266. The summed E-state index contributed by atoms with van der Waals surface area (Å²) >= 11 is 1.94. The van der Waals surface area contributed by atoms with E-state index in [-0.39, 0.29) is 11.6 Å². The van der Waals surface area contributed by atoms with E-state index in [2.05, 4.69) is 5.32 Å². The first kappa shape index (κ1) is 12.8. The second-order valence-electron chi connectivity index (χ2n) is 4.40. The van der Waals surface area contributed by atoms with Gasteiger partial charge in [-0.3, -0.25) is 0 Å². The summed E-state index contributed by atoms with van der Waals surface area (Å²) in [6.07, 6.45) is 2.45. The van der Waals surface area contributed by atoms with Crippen molar-refractivity contribution in [2.45, 2.75) is 31.1 Å². The lowest BCUT2D eigenvalue weighted by Gasteiger charge is -2.18. The Morgan fingerprint density at radius 1 is 1.41 bits per heavy atom. The van der Waals surface area contributed by atoms with Gasteiger partial charge in [-0.2, -0.15) is 11.8 Å². The second-order valence-corrected chi connectivity index (χ2v) is 5.81. The summed E-state index contributed by atoms with van der Waals surface area (Å²) in [6.45, 7) is 2.63. The molecule has 2 unspecified atom stereocenters. The highest BCUT2D eigenvalue weighted by atomic mass is 32.2. The highest BCUT2D eigenvalue weighted by Gasteiger charge is 2.19. The minimum atomic E-state index is -0.468. The van der Waals surface area contributed by atoms with E-state index in [1.807, 2.05) is 11.8 Å². The number of hydrogen-bond acceptors (Lipinski definition) is 2. The van der Waals surface area contributed by atoms with Crippen molar-refractivity contribution in [3.8, 4) is 0 Å². The van der Waals surface area contributed by atoms with E-state index in [0.29, 0.717) is 5.25 Å². The highest BCUT2D eigenvalue weighted by molar-refractivity contribution is 8.00. The minimum absolute atomic E-state index is 0.149. The van der Waals surface area contributed by atoms with Crippen LogP contribution in [0.15, 0.2) is 18.2 Å². The van der Waals surface area contributed by atoms with Crippen LogP contribution < -0.4 is 5.32 Å². The lowest BCUT2D eigenvalue weighted by molar-refractivity contribution is 0.485. The van der Waals surface area contributed by atoms with E-state index in [4.69, 9.17) is 0 Å². The minimum Gasteiger partial charge on any atom is -0.309 e. The van der Waals surface area contributed by atoms with Gasteiger partial charge in [-0.05, 0) is 37.7 Å². The number of halogens is 2. The van der Waals surface area contributed by atoms with Crippen LogP contribution in [-0.2, 0) is 0 Å². The number of benzene rings is 1. The number of rotatable bonds is 4. The zero-order valence-corrected chi connectivity index (χ0v) is 10.7. The normalized spacial score (nSPS) is 21.7. The first-order valence-electron chi connectivity index (χ1n) is 5.97. The number of hydrogen-bond donors (Lipinski definition) is 1. The van der Waals surface area contributed by atoms with Gasteiger partial charge in [-0.1, -0.05) is 6.07 Å². The molecular weight excluding hydrogens is 240 g/mol. The van der Waals surface area contributed by atoms with Crippen LogP contribution in [0.4, 0.5) is 8.78 Å². The molecule has 1 aliphatic rings. The Hall–Kier alpha value is -0.610. The van der Waals surface area contributed by atoms with Crippen molar-refractivity contribution in [1.29, 1.82) is 0 Å². The summed E-state index contributed by atoms with van der Waals surface area (Å²) in [5, 5.41) is 3.81. The predicted octanol–water partition coefficient (Wildman–Crippen LogP) is 3.51. The second kappa shape index (κ2) is 5.83. The smallest absolute Gasteiger partial charge is 0.130 e. The first-order valence-corrected chi connectivity index (χ1v) is 7.02. The van der Waals surface area contributed by atoms with Gasteiger partial charge < -0.3 is 5.32 Å². The van der Waals surface area contributed by atoms with Crippen LogP contribution in [0.3, 0.4) is 0 Å². The molecule has 0 aliphatic carbocycles. The third-order valence-corrected chi connectivity index (χ3v) is 4.51. The van der Waals surface area contributed by atoms with Gasteiger partial charge >= 0.3 is 0 Å². The van der Waals surface area contributed by atoms with Gasteiger partial charge in [0.2, 0.25) is 0 Å². The molecular formula is C13H17F2NS. The molecule has 94 valence electrons. The third-order valence-electron chi connectivity index (χ3n) is 3.11. The van der Waals surface area contributed by atoms with Crippen molar-refractivity contribution < 1.29 is 8.78 Å². The SMILES string of the molecule is CC(NCC1CCCS1)c1c(F)cccc1F. The monoisotopic (exact) mass is 257 g/mol. The van der Waals surface area contributed by atoms with Crippen LogP contribution in [-0.4, -0.2) is 17.5 Å². The fraction of sp³-hybridized carbons (Fsp3) is 0.538. The van der Waals surface area contributed by atoms with Gasteiger partial charge in [0.1, 0.15) is 11.6 Å². The summed E-state index contributed by atoms with van der Waals surface area (Å²) in [5.41, 5.74) is 0.149. The van der Waals surface area contributed by atoms with Crippen molar-refractivity contribution in [3.63, 3.8) is 0 Å². The average molecular weight is 257 g/mol. The molecule has 1 saturated heterocycles. The summed E-state index contributed by atoms with van der Waals surface area (Å²) in [7, 11) is 0. The Morgan fingerprint density at radius 2 is 2.12 bits per heavy atom. The lowest BCUT2D eigenvalue weighted by atomic mass is 10.1. The molecule has 2 atom stereocenters. The van der Waals surface area contributed by atoms with Crippen molar-refractivity contribution in [2.24, 2.45) is 0 Å². The van der Waals surface area contributed by atoms with E-state index in [0.717, 1.165) is 6.54 Å². The maximum atomic E-state index is 13.5. The highest BCUT2D eigenvalue weighted by Crippen LogP contribution is 2.26. The first-order chi connectivity index (χ1) is 8.18. The Kier molecular flexibility index (Phi) is 4.40. The molecule has 1 aromatic carbocycles. The molecule has 4 heteroatoms. The largest absolute Gasteiger partial charge is 0.309 e. The molecule has 1 heterocycles. The van der Waals surface area contributed by atoms with Crippen molar-refractivity contribution in [1.82, 2.24) is 5.32 Å². The molecule has 0 bridgehead atoms. The molecule has 0 radical (unpaired) electrons. The number of thioether (sulfide) groups is 1. The van der Waals surface area contributed by atoms with Crippen LogP contribution in [0.5, 0.6) is 0 Å². The standard InChI is InChI=1S/C13H17F2NS/c1-9(16-8-10-4-3-7-17-10)13-11(14)5-2-6-12(13)15/h2,5-6,9-10,16H,3-4,7-8H2,1H3. The molecule has 0 spiro atoms. The molecule has 2 rings (SSSR count). The Balaban J connectivity index is 1.96. The fourth-order valence-electron chi connectivity index (χ4n) is 2.14. The van der Waals surface area contributed by atoms with E-state index in [9.17, 15) is 8.78 Å². The molecule has 0 saturated carbocycles. The van der Waals surface area contributed by atoms with Crippen LogP contribution in [0.2, 0.25) is 0 Å². The predicted molar refractivity (Wildman–Crippen MR) is 68.3 cm³/mol. The van der Waals surface area contributed by atoms with Crippen LogP contribution in [0.1, 0.15) is 31.4 Å². The quantitative estimate of drug-likeness (QED) is 0.886. The van der Waals surface area contributed by atoms with Crippen molar-refractivity contribution >= 4 is 11.8 Å². The van der Waals surface area contributed by atoms with Gasteiger partial charge in [-0.15, -0.1) is 0 Å². The zero-order valence-electron chi connectivity index (χ0n) is 9.88. The molecule has 1 N–H and O–H groups in total. The Bertz CT molecular complexity index is 357.